The zero-order chi connectivity index (χ0) is 13.2. The molecule has 1 fully saturated rings. The maximum Gasteiger partial charge on any atom is 0.416 e. The van der Waals surface area contributed by atoms with E-state index < -0.39 is 11.7 Å². The van der Waals surface area contributed by atoms with Crippen LogP contribution in [-0.4, -0.2) is 30.6 Å². The first-order chi connectivity index (χ1) is 8.45. The SMILES string of the molecule is C[C@@H]1CN(Cc2cccc(C(F)(F)F)c2)CCN1. The van der Waals surface area contributed by atoms with Crippen molar-refractivity contribution < 1.29 is 13.2 Å². The lowest BCUT2D eigenvalue weighted by Crippen LogP contribution is -2.48. The lowest BCUT2D eigenvalue weighted by atomic mass is 10.1. The van der Waals surface area contributed by atoms with E-state index in [0.29, 0.717) is 12.6 Å². The number of alkyl halides is 3. The minimum absolute atomic E-state index is 0.393. The fourth-order valence-electron chi connectivity index (χ4n) is 2.26. The van der Waals surface area contributed by atoms with Crippen LogP contribution < -0.4 is 5.32 Å². The molecule has 1 saturated heterocycles. The fourth-order valence-corrected chi connectivity index (χ4v) is 2.26. The average molecular weight is 258 g/mol. The Balaban J connectivity index is 2.05. The van der Waals surface area contributed by atoms with Gasteiger partial charge in [0.05, 0.1) is 5.56 Å². The molecule has 0 bridgehead atoms. The van der Waals surface area contributed by atoms with E-state index >= 15 is 0 Å². The highest BCUT2D eigenvalue weighted by atomic mass is 19.4. The van der Waals surface area contributed by atoms with E-state index in [-0.39, 0.29) is 0 Å². The maximum absolute atomic E-state index is 12.6. The first-order valence-corrected chi connectivity index (χ1v) is 6.07. The zero-order valence-corrected chi connectivity index (χ0v) is 10.3. The van der Waals surface area contributed by atoms with Gasteiger partial charge in [-0.25, -0.2) is 0 Å². The van der Waals surface area contributed by atoms with Crippen molar-refractivity contribution >= 4 is 0 Å². The van der Waals surface area contributed by atoms with Crippen LogP contribution in [0.4, 0.5) is 13.2 Å². The van der Waals surface area contributed by atoms with Crippen molar-refractivity contribution in [1.82, 2.24) is 10.2 Å². The van der Waals surface area contributed by atoms with Gasteiger partial charge in [0.2, 0.25) is 0 Å². The molecule has 1 aliphatic rings. The normalized spacial score (nSPS) is 22.1. The van der Waals surface area contributed by atoms with Crippen LogP contribution in [0.3, 0.4) is 0 Å². The number of hydrogen-bond donors (Lipinski definition) is 1. The Morgan fingerprint density at radius 3 is 2.83 bits per heavy atom. The molecular formula is C13H17F3N2. The van der Waals surface area contributed by atoms with Gasteiger partial charge in [0, 0.05) is 32.2 Å². The standard InChI is InChI=1S/C13H17F3N2/c1-10-8-18(6-5-17-10)9-11-3-2-4-12(7-11)13(14,15)16/h2-4,7,10,17H,5-6,8-9H2,1H3/t10-/m1/s1. The highest BCUT2D eigenvalue weighted by Crippen LogP contribution is 2.29. The van der Waals surface area contributed by atoms with Crippen LogP contribution in [0.25, 0.3) is 0 Å². The summed E-state index contributed by atoms with van der Waals surface area (Å²) in [5, 5.41) is 3.31. The fraction of sp³-hybridized carbons (Fsp3) is 0.538. The molecule has 100 valence electrons. The molecule has 0 unspecified atom stereocenters. The van der Waals surface area contributed by atoms with Crippen molar-refractivity contribution in [2.75, 3.05) is 19.6 Å². The Labute approximate surface area is 105 Å². The van der Waals surface area contributed by atoms with Crippen molar-refractivity contribution in [3.63, 3.8) is 0 Å². The minimum atomic E-state index is -4.26. The van der Waals surface area contributed by atoms with Gasteiger partial charge < -0.3 is 5.32 Å². The van der Waals surface area contributed by atoms with E-state index in [9.17, 15) is 13.2 Å². The summed E-state index contributed by atoms with van der Waals surface area (Å²) in [5.74, 6) is 0. The second kappa shape index (κ2) is 5.28. The van der Waals surface area contributed by atoms with Crippen LogP contribution in [0.2, 0.25) is 0 Å². The summed E-state index contributed by atoms with van der Waals surface area (Å²) in [4.78, 5) is 2.18. The molecule has 1 atom stereocenters. The number of benzene rings is 1. The first-order valence-electron chi connectivity index (χ1n) is 6.07. The first kappa shape index (κ1) is 13.4. The molecule has 2 nitrogen and oxygen atoms in total. The van der Waals surface area contributed by atoms with Crippen molar-refractivity contribution in [2.45, 2.75) is 25.7 Å². The molecule has 2 rings (SSSR count). The third-order valence-corrected chi connectivity index (χ3v) is 3.11. The largest absolute Gasteiger partial charge is 0.416 e. The van der Waals surface area contributed by atoms with Crippen molar-refractivity contribution in [3.8, 4) is 0 Å². The predicted octanol–water partition coefficient (Wildman–Crippen LogP) is 2.50. The van der Waals surface area contributed by atoms with Gasteiger partial charge >= 0.3 is 6.18 Å². The summed E-state index contributed by atoms with van der Waals surface area (Å²) in [7, 11) is 0. The van der Waals surface area contributed by atoms with Gasteiger partial charge in [-0.2, -0.15) is 13.2 Å². The number of rotatable bonds is 2. The number of nitrogens with zero attached hydrogens (tertiary/aromatic N) is 1. The molecule has 18 heavy (non-hydrogen) atoms. The summed E-state index contributed by atoms with van der Waals surface area (Å²) in [5.41, 5.74) is 0.155. The molecule has 0 aliphatic carbocycles. The second-order valence-electron chi connectivity index (χ2n) is 4.79. The highest BCUT2D eigenvalue weighted by molar-refractivity contribution is 5.25. The maximum atomic E-state index is 12.6. The van der Waals surface area contributed by atoms with E-state index in [1.54, 1.807) is 6.07 Å². The summed E-state index contributed by atoms with van der Waals surface area (Å²) in [6.07, 6.45) is -4.26. The molecule has 0 aromatic heterocycles. The van der Waals surface area contributed by atoms with E-state index in [1.165, 1.54) is 12.1 Å². The summed E-state index contributed by atoms with van der Waals surface area (Å²) in [6.45, 7) is 5.30. The van der Waals surface area contributed by atoms with Gasteiger partial charge in [-0.15, -0.1) is 0 Å². The zero-order valence-electron chi connectivity index (χ0n) is 10.3. The molecule has 1 N–H and O–H groups in total. The second-order valence-corrected chi connectivity index (χ2v) is 4.79. The topological polar surface area (TPSA) is 15.3 Å². The Hall–Kier alpha value is -1.07. The molecule has 0 radical (unpaired) electrons. The average Bonchev–Trinajstić information content (AvgIpc) is 2.28. The molecule has 1 aromatic rings. The number of hydrogen-bond acceptors (Lipinski definition) is 2. The number of nitrogens with one attached hydrogen (secondary N) is 1. The Bertz CT molecular complexity index is 403. The van der Waals surface area contributed by atoms with Gasteiger partial charge in [0.15, 0.2) is 0 Å². The smallest absolute Gasteiger partial charge is 0.312 e. The summed E-state index contributed by atoms with van der Waals surface area (Å²) >= 11 is 0. The van der Waals surface area contributed by atoms with Gasteiger partial charge in [-0.05, 0) is 18.6 Å². The van der Waals surface area contributed by atoms with Gasteiger partial charge in [0.25, 0.3) is 0 Å². The lowest BCUT2D eigenvalue weighted by molar-refractivity contribution is -0.137. The summed E-state index contributed by atoms with van der Waals surface area (Å²) in [6, 6.07) is 5.98. The Kier molecular flexibility index (Phi) is 3.92. The molecule has 1 aliphatic heterocycles. The van der Waals surface area contributed by atoms with E-state index in [1.807, 2.05) is 0 Å². The van der Waals surface area contributed by atoms with Gasteiger partial charge in [-0.1, -0.05) is 18.2 Å². The Morgan fingerprint density at radius 2 is 2.17 bits per heavy atom. The van der Waals surface area contributed by atoms with E-state index in [4.69, 9.17) is 0 Å². The van der Waals surface area contributed by atoms with Crippen molar-refractivity contribution in [1.29, 1.82) is 0 Å². The molecule has 1 aromatic carbocycles. The van der Waals surface area contributed by atoms with Crippen LogP contribution in [0.5, 0.6) is 0 Å². The molecular weight excluding hydrogens is 241 g/mol. The van der Waals surface area contributed by atoms with Crippen LogP contribution in [-0.2, 0) is 12.7 Å². The number of piperazine rings is 1. The van der Waals surface area contributed by atoms with Crippen LogP contribution in [0, 0.1) is 0 Å². The van der Waals surface area contributed by atoms with Gasteiger partial charge in [0.1, 0.15) is 0 Å². The van der Waals surface area contributed by atoms with Crippen LogP contribution in [0.1, 0.15) is 18.1 Å². The van der Waals surface area contributed by atoms with Crippen LogP contribution in [0.15, 0.2) is 24.3 Å². The predicted molar refractivity (Wildman–Crippen MR) is 64.2 cm³/mol. The molecule has 0 amide bonds. The third kappa shape index (κ3) is 3.46. The monoisotopic (exact) mass is 258 g/mol. The minimum Gasteiger partial charge on any atom is -0.312 e. The Morgan fingerprint density at radius 1 is 1.39 bits per heavy atom. The molecule has 5 heteroatoms. The third-order valence-electron chi connectivity index (χ3n) is 3.11. The van der Waals surface area contributed by atoms with E-state index in [2.05, 4.69) is 17.1 Å². The molecule has 1 heterocycles. The van der Waals surface area contributed by atoms with E-state index in [0.717, 1.165) is 31.3 Å². The quantitative estimate of drug-likeness (QED) is 0.876. The molecule has 0 spiro atoms. The highest BCUT2D eigenvalue weighted by Gasteiger charge is 2.30. The lowest BCUT2D eigenvalue weighted by Gasteiger charge is -2.31. The van der Waals surface area contributed by atoms with Crippen molar-refractivity contribution in [3.05, 3.63) is 35.4 Å². The van der Waals surface area contributed by atoms with Crippen LogP contribution >= 0.6 is 0 Å². The van der Waals surface area contributed by atoms with Gasteiger partial charge in [-0.3, -0.25) is 4.90 Å². The number of halogens is 3. The molecule has 0 saturated carbocycles. The summed E-state index contributed by atoms with van der Waals surface area (Å²) < 4.78 is 37.8. The van der Waals surface area contributed by atoms with Crippen molar-refractivity contribution in [2.24, 2.45) is 0 Å².